The molecule has 2 aliphatic rings. The number of carbonyl (C=O) groups excluding carboxylic acids is 2. The van der Waals surface area contributed by atoms with Crippen molar-refractivity contribution in [1.82, 2.24) is 4.90 Å². The molecule has 1 heterocycles. The first-order valence-electron chi connectivity index (χ1n) is 7.57. The maximum Gasteiger partial charge on any atom is 0.261 e. The number of aliphatic hydroxyl groups is 1. The lowest BCUT2D eigenvalue weighted by atomic mass is 9.88. The summed E-state index contributed by atoms with van der Waals surface area (Å²) in [5.74, 6) is -0.348. The first-order valence-corrected chi connectivity index (χ1v) is 7.57. The molecular weight excluding hydrogens is 266 g/mol. The normalized spacial score (nSPS) is 24.3. The number of carbonyl (C=O) groups is 2. The lowest BCUT2D eigenvalue weighted by Gasteiger charge is -2.18. The summed E-state index contributed by atoms with van der Waals surface area (Å²) in [6.07, 6.45) is 11.8. The van der Waals surface area contributed by atoms with Crippen LogP contribution in [0.25, 0.3) is 0 Å². The Morgan fingerprint density at radius 2 is 1.86 bits per heavy atom. The first kappa shape index (κ1) is 15.5. The molecule has 1 aliphatic carbocycles. The van der Waals surface area contributed by atoms with Gasteiger partial charge in [0.25, 0.3) is 5.91 Å². The van der Waals surface area contributed by atoms with Crippen molar-refractivity contribution in [2.45, 2.75) is 39.0 Å². The number of rotatable bonds is 3. The molecule has 4 heteroatoms. The number of hydrogen-bond acceptors (Lipinski definition) is 3. The van der Waals surface area contributed by atoms with E-state index in [1.807, 2.05) is 6.92 Å². The standard InChI is InChI=1S/C17H23NO3/c1-12(10-13-6-4-3-5-7-13)8-9-14(19)16-15(20)11-18(2)17(16)21/h8-10,13,19H,3-7,11H2,1-2H3/b9-8+,12-10+,16-14?. The van der Waals surface area contributed by atoms with Crippen LogP contribution in [0.5, 0.6) is 0 Å². The highest BCUT2D eigenvalue weighted by Crippen LogP contribution is 2.26. The summed E-state index contributed by atoms with van der Waals surface area (Å²) in [6, 6.07) is 0. The van der Waals surface area contributed by atoms with Gasteiger partial charge in [0, 0.05) is 7.05 Å². The predicted octanol–water partition coefficient (Wildman–Crippen LogP) is 2.92. The lowest BCUT2D eigenvalue weighted by Crippen LogP contribution is -2.19. The highest BCUT2D eigenvalue weighted by Gasteiger charge is 2.33. The molecule has 0 radical (unpaired) electrons. The summed E-state index contributed by atoms with van der Waals surface area (Å²) in [7, 11) is 1.55. The first-order chi connectivity index (χ1) is 9.99. The van der Waals surface area contributed by atoms with Crippen molar-refractivity contribution < 1.29 is 14.7 Å². The number of likely N-dealkylation sites (N-methyl/N-ethyl adjacent to an activating group) is 1. The lowest BCUT2D eigenvalue weighted by molar-refractivity contribution is -0.123. The average Bonchev–Trinajstić information content (AvgIpc) is 2.71. The average molecular weight is 289 g/mol. The Bertz CT molecular complexity index is 522. The Hall–Kier alpha value is -1.84. The number of nitrogens with zero attached hydrogens (tertiary/aromatic N) is 1. The van der Waals surface area contributed by atoms with Crippen molar-refractivity contribution >= 4 is 11.7 Å². The minimum atomic E-state index is -0.406. The van der Waals surface area contributed by atoms with E-state index in [4.69, 9.17) is 0 Å². The second-order valence-electron chi connectivity index (χ2n) is 5.99. The molecule has 2 fully saturated rings. The van der Waals surface area contributed by atoms with Gasteiger partial charge in [-0.3, -0.25) is 9.59 Å². The third-order valence-electron chi connectivity index (χ3n) is 4.13. The number of aliphatic hydroxyl groups excluding tert-OH is 1. The van der Waals surface area contributed by atoms with E-state index < -0.39 is 5.91 Å². The summed E-state index contributed by atoms with van der Waals surface area (Å²) in [4.78, 5) is 24.7. The van der Waals surface area contributed by atoms with Crippen molar-refractivity contribution in [3.63, 3.8) is 0 Å². The Kier molecular flexibility index (Phi) is 4.99. The van der Waals surface area contributed by atoms with Crippen LogP contribution in [0.1, 0.15) is 39.0 Å². The monoisotopic (exact) mass is 289 g/mol. The molecule has 21 heavy (non-hydrogen) atoms. The molecule has 1 N–H and O–H groups in total. The minimum Gasteiger partial charge on any atom is -0.507 e. The van der Waals surface area contributed by atoms with Gasteiger partial charge in [-0.05, 0) is 31.8 Å². The quantitative estimate of drug-likeness (QED) is 0.376. The van der Waals surface area contributed by atoms with Gasteiger partial charge in [0.15, 0.2) is 5.78 Å². The molecule has 1 saturated carbocycles. The molecule has 0 aromatic carbocycles. The molecule has 0 aromatic rings. The molecule has 114 valence electrons. The van der Waals surface area contributed by atoms with Gasteiger partial charge < -0.3 is 10.0 Å². The zero-order valence-corrected chi connectivity index (χ0v) is 12.8. The Morgan fingerprint density at radius 3 is 2.43 bits per heavy atom. The van der Waals surface area contributed by atoms with E-state index in [-0.39, 0.29) is 23.7 Å². The van der Waals surface area contributed by atoms with Gasteiger partial charge in [0.2, 0.25) is 0 Å². The van der Waals surface area contributed by atoms with Gasteiger partial charge in [0.05, 0.1) is 6.54 Å². The molecular formula is C17H23NO3. The van der Waals surface area contributed by atoms with Crippen LogP contribution >= 0.6 is 0 Å². The number of allylic oxidation sites excluding steroid dienone is 4. The zero-order valence-electron chi connectivity index (χ0n) is 12.8. The largest absolute Gasteiger partial charge is 0.507 e. The fourth-order valence-corrected chi connectivity index (χ4v) is 2.95. The molecule has 0 spiro atoms. The van der Waals surface area contributed by atoms with E-state index >= 15 is 0 Å². The number of likely N-dealkylation sites (tertiary alicyclic amines) is 1. The Balaban J connectivity index is 2.07. The van der Waals surface area contributed by atoms with Crippen molar-refractivity contribution in [2.24, 2.45) is 5.92 Å². The fourth-order valence-electron chi connectivity index (χ4n) is 2.95. The van der Waals surface area contributed by atoms with E-state index in [1.165, 1.54) is 43.1 Å². The summed E-state index contributed by atoms with van der Waals surface area (Å²) in [5.41, 5.74) is 0.958. The van der Waals surface area contributed by atoms with Crippen LogP contribution in [0.15, 0.2) is 35.1 Å². The van der Waals surface area contributed by atoms with Crippen molar-refractivity contribution in [1.29, 1.82) is 0 Å². The molecule has 1 amide bonds. The van der Waals surface area contributed by atoms with Crippen LogP contribution < -0.4 is 0 Å². The van der Waals surface area contributed by atoms with Gasteiger partial charge in [-0.25, -0.2) is 0 Å². The van der Waals surface area contributed by atoms with Gasteiger partial charge in [-0.2, -0.15) is 0 Å². The minimum absolute atomic E-state index is 0.0446. The van der Waals surface area contributed by atoms with Gasteiger partial charge in [-0.1, -0.05) is 37.0 Å². The number of ketones is 1. The topological polar surface area (TPSA) is 57.6 Å². The summed E-state index contributed by atoms with van der Waals surface area (Å²) in [6.45, 7) is 2.02. The molecule has 1 saturated heterocycles. The van der Waals surface area contributed by atoms with Crippen molar-refractivity contribution in [2.75, 3.05) is 13.6 Å². The SMILES string of the molecule is CC(/C=C/C(O)=C1C(=O)CN(C)C1=O)=C\C1CCCCC1. The highest BCUT2D eigenvalue weighted by molar-refractivity contribution is 6.25. The molecule has 2 rings (SSSR count). The maximum atomic E-state index is 11.8. The molecule has 1 aliphatic heterocycles. The Labute approximate surface area is 125 Å². The van der Waals surface area contributed by atoms with Crippen LogP contribution in [0, 0.1) is 5.92 Å². The summed E-state index contributed by atoms with van der Waals surface area (Å²) < 4.78 is 0. The molecule has 0 atom stereocenters. The second kappa shape index (κ2) is 6.74. The van der Waals surface area contributed by atoms with E-state index in [1.54, 1.807) is 13.1 Å². The maximum absolute atomic E-state index is 11.8. The number of amides is 1. The predicted molar refractivity (Wildman–Crippen MR) is 81.8 cm³/mol. The third kappa shape index (κ3) is 3.84. The second-order valence-corrected chi connectivity index (χ2v) is 5.99. The van der Waals surface area contributed by atoms with E-state index in [0.717, 1.165) is 5.57 Å². The van der Waals surface area contributed by atoms with Gasteiger partial charge in [0.1, 0.15) is 11.3 Å². The van der Waals surface area contributed by atoms with Crippen molar-refractivity contribution in [3.8, 4) is 0 Å². The number of hydrogen-bond donors (Lipinski definition) is 1. The fraction of sp³-hybridized carbons (Fsp3) is 0.529. The van der Waals surface area contributed by atoms with E-state index in [2.05, 4.69) is 6.08 Å². The summed E-state index contributed by atoms with van der Waals surface area (Å²) >= 11 is 0. The zero-order chi connectivity index (χ0) is 15.4. The van der Waals surface area contributed by atoms with Crippen LogP contribution in [0.4, 0.5) is 0 Å². The molecule has 0 aromatic heterocycles. The van der Waals surface area contributed by atoms with Crippen LogP contribution in [0.3, 0.4) is 0 Å². The smallest absolute Gasteiger partial charge is 0.261 e. The van der Waals surface area contributed by atoms with Crippen LogP contribution in [0.2, 0.25) is 0 Å². The summed E-state index contributed by atoms with van der Waals surface area (Å²) in [5, 5.41) is 9.96. The third-order valence-corrected chi connectivity index (χ3v) is 4.13. The molecule has 0 unspecified atom stereocenters. The molecule has 0 bridgehead atoms. The van der Waals surface area contributed by atoms with Crippen LogP contribution in [-0.4, -0.2) is 35.3 Å². The highest BCUT2D eigenvalue weighted by atomic mass is 16.3. The Morgan fingerprint density at radius 1 is 1.19 bits per heavy atom. The van der Waals surface area contributed by atoms with E-state index in [0.29, 0.717) is 5.92 Å². The van der Waals surface area contributed by atoms with E-state index in [9.17, 15) is 14.7 Å². The van der Waals surface area contributed by atoms with Gasteiger partial charge in [-0.15, -0.1) is 0 Å². The van der Waals surface area contributed by atoms with Crippen molar-refractivity contribution in [3.05, 3.63) is 35.1 Å². The molecule has 4 nitrogen and oxygen atoms in total. The van der Waals surface area contributed by atoms with Gasteiger partial charge >= 0.3 is 0 Å². The number of Topliss-reactive ketones (excluding diaryl/α,β-unsaturated/α-hetero) is 1. The van der Waals surface area contributed by atoms with Crippen LogP contribution in [-0.2, 0) is 9.59 Å².